The van der Waals surface area contributed by atoms with Crippen molar-refractivity contribution in [1.29, 1.82) is 0 Å². The molecule has 0 aromatic carbocycles. The standard InChI is InChI=1S/C12H24O/c1-4-6-7-8-10-11(3)12(13)9-5-2/h12-13H,3-10H2,1-2H3. The maximum absolute atomic E-state index is 9.57. The number of aliphatic hydroxyl groups is 1. The predicted octanol–water partition coefficient (Wildman–Crippen LogP) is 3.67. The van der Waals surface area contributed by atoms with Crippen LogP contribution >= 0.6 is 0 Å². The van der Waals surface area contributed by atoms with Crippen molar-refractivity contribution in [2.75, 3.05) is 0 Å². The molecule has 1 nitrogen and oxygen atoms in total. The second kappa shape index (κ2) is 8.31. The first-order valence-corrected chi connectivity index (χ1v) is 5.58. The Labute approximate surface area is 82.9 Å². The van der Waals surface area contributed by atoms with Crippen LogP contribution in [-0.4, -0.2) is 11.2 Å². The van der Waals surface area contributed by atoms with E-state index in [9.17, 15) is 5.11 Å². The van der Waals surface area contributed by atoms with Crippen LogP contribution in [0, 0.1) is 0 Å². The Hall–Kier alpha value is -0.300. The molecule has 0 aliphatic carbocycles. The molecule has 0 saturated carbocycles. The minimum Gasteiger partial charge on any atom is -0.389 e. The lowest BCUT2D eigenvalue weighted by Gasteiger charge is -2.12. The highest BCUT2D eigenvalue weighted by Gasteiger charge is 2.06. The summed E-state index contributed by atoms with van der Waals surface area (Å²) in [5, 5.41) is 9.57. The van der Waals surface area contributed by atoms with Crippen molar-refractivity contribution in [2.45, 2.75) is 64.9 Å². The van der Waals surface area contributed by atoms with E-state index in [-0.39, 0.29) is 6.10 Å². The van der Waals surface area contributed by atoms with E-state index < -0.39 is 0 Å². The fourth-order valence-corrected chi connectivity index (χ4v) is 1.42. The molecule has 0 bridgehead atoms. The number of hydrogen-bond donors (Lipinski definition) is 1. The first-order valence-electron chi connectivity index (χ1n) is 5.58. The monoisotopic (exact) mass is 184 g/mol. The van der Waals surface area contributed by atoms with Crippen molar-refractivity contribution >= 4 is 0 Å². The fraction of sp³-hybridized carbons (Fsp3) is 0.833. The van der Waals surface area contributed by atoms with Crippen LogP contribution in [0.5, 0.6) is 0 Å². The van der Waals surface area contributed by atoms with Gasteiger partial charge in [-0.3, -0.25) is 0 Å². The molecule has 0 aromatic heterocycles. The van der Waals surface area contributed by atoms with E-state index in [0.29, 0.717) is 0 Å². The molecular weight excluding hydrogens is 160 g/mol. The molecule has 0 saturated heterocycles. The number of unbranched alkanes of at least 4 members (excludes halogenated alkanes) is 3. The topological polar surface area (TPSA) is 20.2 Å². The summed E-state index contributed by atoms with van der Waals surface area (Å²) in [6, 6.07) is 0. The van der Waals surface area contributed by atoms with Gasteiger partial charge in [-0.05, 0) is 24.8 Å². The van der Waals surface area contributed by atoms with Crippen molar-refractivity contribution in [1.82, 2.24) is 0 Å². The lowest BCUT2D eigenvalue weighted by atomic mass is 10.0. The van der Waals surface area contributed by atoms with Gasteiger partial charge in [0.05, 0.1) is 6.10 Å². The highest BCUT2D eigenvalue weighted by molar-refractivity contribution is 5.00. The summed E-state index contributed by atoms with van der Waals surface area (Å²) in [6.45, 7) is 8.22. The SMILES string of the molecule is C=C(CCCCCC)C(O)CCC. The van der Waals surface area contributed by atoms with Gasteiger partial charge in [-0.2, -0.15) is 0 Å². The smallest absolute Gasteiger partial charge is 0.0747 e. The van der Waals surface area contributed by atoms with Gasteiger partial charge in [0.1, 0.15) is 0 Å². The normalized spacial score (nSPS) is 12.8. The van der Waals surface area contributed by atoms with E-state index in [1.54, 1.807) is 0 Å². The molecule has 0 aromatic rings. The Bertz CT molecular complexity index is 129. The molecule has 0 aliphatic rings. The Morgan fingerprint density at radius 1 is 1.15 bits per heavy atom. The third-order valence-electron chi connectivity index (χ3n) is 2.38. The third-order valence-corrected chi connectivity index (χ3v) is 2.38. The van der Waals surface area contributed by atoms with E-state index >= 15 is 0 Å². The summed E-state index contributed by atoms with van der Waals surface area (Å²) in [7, 11) is 0. The van der Waals surface area contributed by atoms with Crippen LogP contribution in [0.3, 0.4) is 0 Å². The molecule has 1 unspecified atom stereocenters. The van der Waals surface area contributed by atoms with Gasteiger partial charge in [-0.1, -0.05) is 46.1 Å². The van der Waals surface area contributed by atoms with Gasteiger partial charge in [0.25, 0.3) is 0 Å². The van der Waals surface area contributed by atoms with E-state index in [4.69, 9.17) is 0 Å². The van der Waals surface area contributed by atoms with Crippen LogP contribution in [0.1, 0.15) is 58.8 Å². The van der Waals surface area contributed by atoms with Gasteiger partial charge in [-0.25, -0.2) is 0 Å². The molecule has 1 atom stereocenters. The van der Waals surface area contributed by atoms with Gasteiger partial charge in [0.2, 0.25) is 0 Å². The van der Waals surface area contributed by atoms with Crippen LogP contribution in [0.4, 0.5) is 0 Å². The lowest BCUT2D eigenvalue weighted by molar-refractivity contribution is 0.195. The number of hydrogen-bond acceptors (Lipinski definition) is 1. The predicted molar refractivity (Wildman–Crippen MR) is 58.8 cm³/mol. The molecule has 1 N–H and O–H groups in total. The highest BCUT2D eigenvalue weighted by Crippen LogP contribution is 2.14. The van der Waals surface area contributed by atoms with Gasteiger partial charge in [0, 0.05) is 0 Å². The van der Waals surface area contributed by atoms with Crippen molar-refractivity contribution < 1.29 is 5.11 Å². The summed E-state index contributed by atoms with van der Waals surface area (Å²) in [6.07, 6.45) is 7.68. The highest BCUT2D eigenvalue weighted by atomic mass is 16.3. The molecule has 0 spiro atoms. The fourth-order valence-electron chi connectivity index (χ4n) is 1.42. The van der Waals surface area contributed by atoms with Gasteiger partial charge in [0.15, 0.2) is 0 Å². The van der Waals surface area contributed by atoms with Crippen LogP contribution in [-0.2, 0) is 0 Å². The van der Waals surface area contributed by atoms with E-state index in [0.717, 1.165) is 24.8 Å². The first-order chi connectivity index (χ1) is 6.22. The molecule has 0 amide bonds. The van der Waals surface area contributed by atoms with Gasteiger partial charge >= 0.3 is 0 Å². The van der Waals surface area contributed by atoms with E-state index in [1.165, 1.54) is 25.7 Å². The van der Waals surface area contributed by atoms with Crippen LogP contribution in [0.25, 0.3) is 0 Å². The van der Waals surface area contributed by atoms with E-state index in [1.807, 2.05) is 0 Å². The molecule has 0 rings (SSSR count). The summed E-state index contributed by atoms with van der Waals surface area (Å²) >= 11 is 0. The molecule has 0 heterocycles. The zero-order valence-corrected chi connectivity index (χ0v) is 9.18. The first kappa shape index (κ1) is 12.7. The average molecular weight is 184 g/mol. The minimum atomic E-state index is -0.258. The summed E-state index contributed by atoms with van der Waals surface area (Å²) in [4.78, 5) is 0. The minimum absolute atomic E-state index is 0.258. The molecular formula is C12H24O. The second-order valence-electron chi connectivity index (χ2n) is 3.77. The Balaban J connectivity index is 3.38. The summed E-state index contributed by atoms with van der Waals surface area (Å²) in [5.74, 6) is 0. The Morgan fingerprint density at radius 3 is 2.38 bits per heavy atom. The maximum Gasteiger partial charge on any atom is 0.0747 e. The van der Waals surface area contributed by atoms with Gasteiger partial charge in [-0.15, -0.1) is 0 Å². The number of rotatable bonds is 8. The molecule has 0 aliphatic heterocycles. The van der Waals surface area contributed by atoms with Crippen LogP contribution < -0.4 is 0 Å². The van der Waals surface area contributed by atoms with Crippen molar-refractivity contribution in [3.05, 3.63) is 12.2 Å². The quantitative estimate of drug-likeness (QED) is 0.451. The molecule has 78 valence electrons. The molecule has 13 heavy (non-hydrogen) atoms. The molecule has 1 heteroatoms. The van der Waals surface area contributed by atoms with E-state index in [2.05, 4.69) is 20.4 Å². The third kappa shape index (κ3) is 6.83. The second-order valence-corrected chi connectivity index (χ2v) is 3.77. The van der Waals surface area contributed by atoms with Crippen molar-refractivity contribution in [2.24, 2.45) is 0 Å². The summed E-state index contributed by atoms with van der Waals surface area (Å²) in [5.41, 5.74) is 1.03. The maximum atomic E-state index is 9.57. The van der Waals surface area contributed by atoms with Crippen LogP contribution in [0.15, 0.2) is 12.2 Å². The average Bonchev–Trinajstić information content (AvgIpc) is 2.12. The summed E-state index contributed by atoms with van der Waals surface area (Å²) < 4.78 is 0. The largest absolute Gasteiger partial charge is 0.389 e. The lowest BCUT2D eigenvalue weighted by Crippen LogP contribution is -2.08. The van der Waals surface area contributed by atoms with Gasteiger partial charge < -0.3 is 5.11 Å². The zero-order chi connectivity index (χ0) is 10.1. The van der Waals surface area contributed by atoms with Crippen LogP contribution in [0.2, 0.25) is 0 Å². The molecule has 0 fully saturated rings. The van der Waals surface area contributed by atoms with Crippen molar-refractivity contribution in [3.8, 4) is 0 Å². The Kier molecular flexibility index (Phi) is 8.11. The van der Waals surface area contributed by atoms with Crippen molar-refractivity contribution in [3.63, 3.8) is 0 Å². The Morgan fingerprint density at radius 2 is 1.85 bits per heavy atom. The molecule has 0 radical (unpaired) electrons. The zero-order valence-electron chi connectivity index (χ0n) is 9.18. The number of aliphatic hydroxyl groups excluding tert-OH is 1.